The monoisotopic (exact) mass is 286 g/mol. The summed E-state index contributed by atoms with van der Waals surface area (Å²) in [5.41, 5.74) is 3.11. The average Bonchev–Trinajstić information content (AvgIpc) is 2.80. The minimum atomic E-state index is -0.412. The van der Waals surface area contributed by atoms with Crippen molar-refractivity contribution in [1.82, 2.24) is 9.78 Å². The van der Waals surface area contributed by atoms with Crippen molar-refractivity contribution >= 4 is 0 Å². The lowest BCUT2D eigenvalue weighted by atomic mass is 9.70. The van der Waals surface area contributed by atoms with E-state index in [9.17, 15) is 5.11 Å². The summed E-state index contributed by atoms with van der Waals surface area (Å²) < 4.78 is 1.87. The lowest BCUT2D eigenvalue weighted by Gasteiger charge is -2.37. The van der Waals surface area contributed by atoms with E-state index in [1.54, 1.807) is 0 Å². The van der Waals surface area contributed by atoms with Gasteiger partial charge in [0.25, 0.3) is 0 Å². The first-order chi connectivity index (χ1) is 10.0. The molecule has 1 aromatic heterocycles. The first kappa shape index (κ1) is 15.8. The van der Waals surface area contributed by atoms with E-state index >= 15 is 0 Å². The van der Waals surface area contributed by atoms with Crippen LogP contribution in [0.1, 0.15) is 43.6 Å². The standard InChI is InChI=1S/C18H26N2O/c1-5-18(6-2,15-10-8-7-9-11-15)17(21)13-16-12-14(3)19-20(16)4/h7-12,17,21H,5-6,13H2,1-4H3. The summed E-state index contributed by atoms with van der Waals surface area (Å²) >= 11 is 0. The molecule has 0 spiro atoms. The molecular formula is C18H26N2O. The van der Waals surface area contributed by atoms with Gasteiger partial charge >= 0.3 is 0 Å². The van der Waals surface area contributed by atoms with Gasteiger partial charge in [-0.3, -0.25) is 4.68 Å². The predicted octanol–water partition coefficient (Wildman–Crippen LogP) is 3.39. The van der Waals surface area contributed by atoms with Crippen LogP contribution in [-0.2, 0) is 18.9 Å². The summed E-state index contributed by atoms with van der Waals surface area (Å²) in [5, 5.41) is 15.3. The van der Waals surface area contributed by atoms with Crippen molar-refractivity contribution in [2.24, 2.45) is 7.05 Å². The smallest absolute Gasteiger partial charge is 0.0691 e. The fourth-order valence-corrected chi connectivity index (χ4v) is 3.34. The summed E-state index contributed by atoms with van der Waals surface area (Å²) in [7, 11) is 1.94. The molecule has 2 rings (SSSR count). The van der Waals surface area contributed by atoms with Gasteiger partial charge in [-0.1, -0.05) is 44.2 Å². The maximum atomic E-state index is 11.0. The topological polar surface area (TPSA) is 38.1 Å². The van der Waals surface area contributed by atoms with Crippen molar-refractivity contribution in [3.05, 3.63) is 53.3 Å². The summed E-state index contributed by atoms with van der Waals surface area (Å²) in [6.45, 7) is 6.31. The van der Waals surface area contributed by atoms with Gasteiger partial charge in [0.2, 0.25) is 0 Å². The van der Waals surface area contributed by atoms with Crippen LogP contribution in [0.5, 0.6) is 0 Å². The maximum absolute atomic E-state index is 11.0. The molecule has 1 atom stereocenters. The summed E-state index contributed by atoms with van der Waals surface area (Å²) in [6, 6.07) is 12.4. The number of hydrogen-bond acceptors (Lipinski definition) is 2. The molecule has 1 N–H and O–H groups in total. The molecule has 21 heavy (non-hydrogen) atoms. The highest BCUT2D eigenvalue weighted by Gasteiger charge is 2.36. The number of aliphatic hydroxyl groups is 1. The molecule has 0 aliphatic heterocycles. The van der Waals surface area contributed by atoms with Gasteiger partial charge in [0.05, 0.1) is 11.8 Å². The highest BCUT2D eigenvalue weighted by Crippen LogP contribution is 2.36. The van der Waals surface area contributed by atoms with Gasteiger partial charge in [-0.05, 0) is 31.4 Å². The number of nitrogens with zero attached hydrogens (tertiary/aromatic N) is 2. The molecule has 0 fully saturated rings. The number of aromatic nitrogens is 2. The van der Waals surface area contributed by atoms with Gasteiger partial charge in [0, 0.05) is 24.6 Å². The first-order valence-corrected chi connectivity index (χ1v) is 7.76. The Morgan fingerprint density at radius 2 is 1.81 bits per heavy atom. The normalized spacial score (nSPS) is 13.4. The zero-order valence-corrected chi connectivity index (χ0v) is 13.5. The Balaban J connectivity index is 2.32. The van der Waals surface area contributed by atoms with Crippen LogP contribution in [0.15, 0.2) is 36.4 Å². The Morgan fingerprint density at radius 1 is 1.19 bits per heavy atom. The Hall–Kier alpha value is -1.61. The van der Waals surface area contributed by atoms with Crippen LogP contribution in [0.25, 0.3) is 0 Å². The van der Waals surface area contributed by atoms with Crippen LogP contribution >= 0.6 is 0 Å². The van der Waals surface area contributed by atoms with E-state index in [4.69, 9.17) is 0 Å². The zero-order chi connectivity index (χ0) is 15.5. The molecule has 0 saturated carbocycles. The highest BCUT2D eigenvalue weighted by molar-refractivity contribution is 5.28. The molecule has 3 heteroatoms. The van der Waals surface area contributed by atoms with Crippen LogP contribution in [0, 0.1) is 6.92 Å². The average molecular weight is 286 g/mol. The lowest BCUT2D eigenvalue weighted by Crippen LogP contribution is -2.40. The third-order valence-electron chi connectivity index (χ3n) is 4.75. The third kappa shape index (κ3) is 3.03. The molecule has 114 valence electrons. The number of rotatable bonds is 6. The van der Waals surface area contributed by atoms with Crippen molar-refractivity contribution in [2.75, 3.05) is 0 Å². The van der Waals surface area contributed by atoms with Crippen LogP contribution in [0.4, 0.5) is 0 Å². The van der Waals surface area contributed by atoms with Crippen LogP contribution in [0.3, 0.4) is 0 Å². The van der Waals surface area contributed by atoms with E-state index in [2.05, 4.69) is 49.3 Å². The van der Waals surface area contributed by atoms with Crippen LogP contribution < -0.4 is 0 Å². The fraction of sp³-hybridized carbons (Fsp3) is 0.500. The highest BCUT2D eigenvalue weighted by atomic mass is 16.3. The van der Waals surface area contributed by atoms with Gasteiger partial charge in [0.15, 0.2) is 0 Å². The molecule has 0 saturated heterocycles. The molecule has 1 heterocycles. The SMILES string of the molecule is CCC(CC)(c1ccccc1)C(O)Cc1cc(C)nn1C. The van der Waals surface area contributed by atoms with Gasteiger partial charge in [0.1, 0.15) is 0 Å². The van der Waals surface area contributed by atoms with E-state index < -0.39 is 6.10 Å². The van der Waals surface area contributed by atoms with Crippen LogP contribution in [0.2, 0.25) is 0 Å². The van der Waals surface area contributed by atoms with Crippen LogP contribution in [-0.4, -0.2) is 21.0 Å². The van der Waals surface area contributed by atoms with Gasteiger partial charge in [-0.15, -0.1) is 0 Å². The number of aryl methyl sites for hydroxylation is 2. The summed E-state index contributed by atoms with van der Waals surface area (Å²) in [5.74, 6) is 0. The Morgan fingerprint density at radius 3 is 2.29 bits per heavy atom. The van der Waals surface area contributed by atoms with E-state index in [1.807, 2.05) is 24.7 Å². The fourth-order valence-electron chi connectivity index (χ4n) is 3.34. The van der Waals surface area contributed by atoms with Gasteiger partial charge < -0.3 is 5.11 Å². The van der Waals surface area contributed by atoms with Gasteiger partial charge in [-0.2, -0.15) is 5.10 Å². The third-order valence-corrected chi connectivity index (χ3v) is 4.75. The molecule has 0 bridgehead atoms. The second-order valence-corrected chi connectivity index (χ2v) is 5.85. The molecule has 1 unspecified atom stereocenters. The Labute approximate surface area is 127 Å². The number of hydrogen-bond donors (Lipinski definition) is 1. The number of benzene rings is 1. The molecule has 0 aliphatic rings. The minimum Gasteiger partial charge on any atom is -0.392 e. The second kappa shape index (κ2) is 6.44. The van der Waals surface area contributed by atoms with Crippen molar-refractivity contribution in [1.29, 1.82) is 0 Å². The van der Waals surface area contributed by atoms with E-state index in [1.165, 1.54) is 5.56 Å². The van der Waals surface area contributed by atoms with Crippen molar-refractivity contribution in [2.45, 2.75) is 51.6 Å². The molecule has 0 aliphatic carbocycles. The summed E-state index contributed by atoms with van der Waals surface area (Å²) in [6.07, 6.45) is 2.06. The largest absolute Gasteiger partial charge is 0.392 e. The van der Waals surface area contributed by atoms with Crippen molar-refractivity contribution in [3.63, 3.8) is 0 Å². The molecular weight excluding hydrogens is 260 g/mol. The zero-order valence-electron chi connectivity index (χ0n) is 13.5. The Kier molecular flexibility index (Phi) is 4.84. The Bertz CT molecular complexity index is 570. The predicted molar refractivity (Wildman–Crippen MR) is 86.4 cm³/mol. The molecule has 1 aromatic carbocycles. The molecule has 0 radical (unpaired) electrons. The first-order valence-electron chi connectivity index (χ1n) is 7.76. The quantitative estimate of drug-likeness (QED) is 0.884. The van der Waals surface area contributed by atoms with Crippen molar-refractivity contribution in [3.8, 4) is 0 Å². The minimum absolute atomic E-state index is 0.195. The summed E-state index contributed by atoms with van der Waals surface area (Å²) in [4.78, 5) is 0. The maximum Gasteiger partial charge on any atom is 0.0691 e. The lowest BCUT2D eigenvalue weighted by molar-refractivity contribution is 0.0717. The van der Waals surface area contributed by atoms with Gasteiger partial charge in [-0.25, -0.2) is 0 Å². The van der Waals surface area contributed by atoms with Crippen molar-refractivity contribution < 1.29 is 5.11 Å². The second-order valence-electron chi connectivity index (χ2n) is 5.85. The molecule has 3 nitrogen and oxygen atoms in total. The van der Waals surface area contributed by atoms with E-state index in [0.29, 0.717) is 6.42 Å². The molecule has 2 aromatic rings. The van der Waals surface area contributed by atoms with E-state index in [0.717, 1.165) is 24.2 Å². The number of aliphatic hydroxyl groups excluding tert-OH is 1. The molecule has 0 amide bonds. The van der Waals surface area contributed by atoms with E-state index in [-0.39, 0.29) is 5.41 Å².